The monoisotopic (exact) mass is 371 g/mol. The van der Waals surface area contributed by atoms with Crippen LogP contribution in [0.15, 0.2) is 24.5 Å². The van der Waals surface area contributed by atoms with Gasteiger partial charge in [-0.05, 0) is 44.2 Å². The number of hydrogen-bond donors (Lipinski definition) is 0. The van der Waals surface area contributed by atoms with E-state index in [1.807, 2.05) is 24.9 Å². The summed E-state index contributed by atoms with van der Waals surface area (Å²) in [7, 11) is 1.81. The molecule has 0 N–H and O–H groups in total. The van der Waals surface area contributed by atoms with E-state index < -0.39 is 0 Å². The number of rotatable bonds is 5. The smallest absolute Gasteiger partial charge is 0.316 e. The number of nitrogens with zero attached hydrogens (tertiary/aromatic N) is 5. The van der Waals surface area contributed by atoms with Gasteiger partial charge >= 0.3 is 6.01 Å². The van der Waals surface area contributed by atoms with Crippen molar-refractivity contribution in [2.75, 3.05) is 26.3 Å². The van der Waals surface area contributed by atoms with E-state index in [1.54, 1.807) is 23.1 Å². The van der Waals surface area contributed by atoms with Crippen molar-refractivity contribution in [3.05, 3.63) is 35.9 Å². The first-order chi connectivity index (χ1) is 13.0. The van der Waals surface area contributed by atoms with Crippen molar-refractivity contribution in [2.45, 2.75) is 31.8 Å². The van der Waals surface area contributed by atoms with Crippen LogP contribution in [0.3, 0.4) is 0 Å². The van der Waals surface area contributed by atoms with Gasteiger partial charge in [0.25, 0.3) is 5.91 Å². The third kappa shape index (κ3) is 3.95. The highest BCUT2D eigenvalue weighted by Gasteiger charge is 2.49. The second kappa shape index (κ2) is 7.26. The molecular weight excluding hydrogens is 346 g/mol. The highest BCUT2D eigenvalue weighted by molar-refractivity contribution is 5.93. The van der Waals surface area contributed by atoms with Crippen molar-refractivity contribution in [2.24, 2.45) is 13.0 Å². The van der Waals surface area contributed by atoms with Crippen molar-refractivity contribution in [1.29, 1.82) is 0 Å². The molecule has 0 bridgehead atoms. The summed E-state index contributed by atoms with van der Waals surface area (Å²) in [5, 5.41) is 4.19. The third-order valence-electron chi connectivity index (χ3n) is 5.30. The summed E-state index contributed by atoms with van der Waals surface area (Å²) >= 11 is 0. The van der Waals surface area contributed by atoms with Crippen molar-refractivity contribution in [1.82, 2.24) is 24.6 Å². The average molecular weight is 371 g/mol. The first kappa shape index (κ1) is 17.9. The van der Waals surface area contributed by atoms with Crippen LogP contribution in [-0.2, 0) is 11.8 Å². The number of hydrogen-bond acceptors (Lipinski definition) is 6. The van der Waals surface area contributed by atoms with Crippen LogP contribution in [-0.4, -0.2) is 62.5 Å². The van der Waals surface area contributed by atoms with Crippen LogP contribution < -0.4 is 4.74 Å². The number of carbonyl (C=O) groups is 1. The van der Waals surface area contributed by atoms with E-state index in [1.165, 1.54) is 0 Å². The zero-order valence-electron chi connectivity index (χ0n) is 15.8. The molecule has 0 radical (unpaired) electrons. The minimum absolute atomic E-state index is 0.0214. The Morgan fingerprint density at radius 1 is 1.41 bits per heavy atom. The maximum absolute atomic E-state index is 12.5. The molecule has 0 saturated carbocycles. The normalized spacial score (nSPS) is 21.1. The van der Waals surface area contributed by atoms with Crippen molar-refractivity contribution in [3.63, 3.8) is 0 Å². The van der Waals surface area contributed by atoms with E-state index in [9.17, 15) is 4.79 Å². The van der Waals surface area contributed by atoms with E-state index in [-0.39, 0.29) is 11.5 Å². The molecule has 8 nitrogen and oxygen atoms in total. The molecule has 27 heavy (non-hydrogen) atoms. The number of aryl methyl sites for hydroxylation is 2. The van der Waals surface area contributed by atoms with E-state index in [0.717, 1.165) is 31.6 Å². The fourth-order valence-corrected chi connectivity index (χ4v) is 3.89. The number of carbonyl (C=O) groups excluding carboxylic acids is 1. The quantitative estimate of drug-likeness (QED) is 0.794. The molecule has 0 aliphatic carbocycles. The molecule has 4 rings (SSSR count). The minimum atomic E-state index is -0.201. The van der Waals surface area contributed by atoms with Gasteiger partial charge in [-0.2, -0.15) is 5.10 Å². The number of ether oxygens (including phenoxy) is 2. The van der Waals surface area contributed by atoms with Crippen LogP contribution in [0.1, 0.15) is 35.4 Å². The first-order valence-corrected chi connectivity index (χ1v) is 9.38. The van der Waals surface area contributed by atoms with Crippen molar-refractivity contribution < 1.29 is 14.3 Å². The molecule has 1 spiro atoms. The molecule has 2 aromatic heterocycles. The molecule has 4 heterocycles. The van der Waals surface area contributed by atoms with E-state index in [4.69, 9.17) is 9.47 Å². The summed E-state index contributed by atoms with van der Waals surface area (Å²) in [6.07, 6.45) is 6.41. The predicted octanol–water partition coefficient (Wildman–Crippen LogP) is 1.61. The van der Waals surface area contributed by atoms with E-state index in [0.29, 0.717) is 37.3 Å². The minimum Gasteiger partial charge on any atom is -0.463 e. The summed E-state index contributed by atoms with van der Waals surface area (Å²) in [5.74, 6) is 0.502. The molecule has 2 aromatic rings. The lowest BCUT2D eigenvalue weighted by molar-refractivity contribution is -0.167. The van der Waals surface area contributed by atoms with Gasteiger partial charge in [-0.25, -0.2) is 9.97 Å². The van der Waals surface area contributed by atoms with Gasteiger partial charge in [0.05, 0.1) is 19.7 Å². The lowest BCUT2D eigenvalue weighted by Crippen LogP contribution is -2.66. The van der Waals surface area contributed by atoms with Gasteiger partial charge in [-0.3, -0.25) is 9.48 Å². The fraction of sp³-hybridized carbons (Fsp3) is 0.579. The molecule has 1 atom stereocenters. The van der Waals surface area contributed by atoms with Crippen LogP contribution in [0.25, 0.3) is 0 Å². The maximum Gasteiger partial charge on any atom is 0.316 e. The molecule has 0 aromatic carbocycles. The zero-order valence-corrected chi connectivity index (χ0v) is 15.8. The Bertz CT molecular complexity index is 815. The lowest BCUT2D eigenvalue weighted by Gasteiger charge is -2.53. The van der Waals surface area contributed by atoms with Gasteiger partial charge < -0.3 is 14.4 Å². The van der Waals surface area contributed by atoms with Crippen LogP contribution >= 0.6 is 0 Å². The second-order valence-corrected chi connectivity index (χ2v) is 7.54. The summed E-state index contributed by atoms with van der Waals surface area (Å²) in [4.78, 5) is 22.7. The van der Waals surface area contributed by atoms with E-state index >= 15 is 0 Å². The molecule has 1 amide bonds. The summed E-state index contributed by atoms with van der Waals surface area (Å²) < 4.78 is 13.4. The van der Waals surface area contributed by atoms with Gasteiger partial charge in [-0.1, -0.05) is 0 Å². The standard InChI is InChI=1S/C19H25N5O3/c1-14-3-7-20-18(21-14)26-9-5-15-6-10-27-19(11-15)12-24(13-19)17(25)16-4-8-23(2)22-16/h3-4,7-8,15H,5-6,9-13H2,1-2H3. The molecule has 1 unspecified atom stereocenters. The van der Waals surface area contributed by atoms with Crippen LogP contribution in [0.5, 0.6) is 6.01 Å². The first-order valence-electron chi connectivity index (χ1n) is 9.38. The summed E-state index contributed by atoms with van der Waals surface area (Å²) in [5.41, 5.74) is 1.19. The lowest BCUT2D eigenvalue weighted by atomic mass is 9.79. The van der Waals surface area contributed by atoms with Gasteiger partial charge in [-0.15, -0.1) is 0 Å². The Morgan fingerprint density at radius 3 is 3.00 bits per heavy atom. The Kier molecular flexibility index (Phi) is 4.82. The van der Waals surface area contributed by atoms with Crippen LogP contribution in [0, 0.1) is 12.8 Å². The molecule has 2 aliphatic heterocycles. The van der Waals surface area contributed by atoms with Crippen LogP contribution in [0.4, 0.5) is 0 Å². The number of likely N-dealkylation sites (tertiary alicyclic amines) is 1. The van der Waals surface area contributed by atoms with Crippen LogP contribution in [0.2, 0.25) is 0 Å². The van der Waals surface area contributed by atoms with Gasteiger partial charge in [0.1, 0.15) is 11.3 Å². The molecule has 8 heteroatoms. The SMILES string of the molecule is Cc1ccnc(OCCC2CCOC3(C2)CN(C(=O)c2ccn(C)n2)C3)n1. The highest BCUT2D eigenvalue weighted by atomic mass is 16.5. The van der Waals surface area contributed by atoms with Gasteiger partial charge in [0, 0.05) is 31.7 Å². The van der Waals surface area contributed by atoms with Crippen molar-refractivity contribution >= 4 is 5.91 Å². The Hall–Kier alpha value is -2.48. The molecule has 2 saturated heterocycles. The average Bonchev–Trinajstić information content (AvgIpc) is 3.06. The maximum atomic E-state index is 12.5. The molecule has 144 valence electrons. The molecule has 2 fully saturated rings. The Balaban J connectivity index is 1.26. The van der Waals surface area contributed by atoms with Gasteiger partial charge in [0.2, 0.25) is 0 Å². The molecular formula is C19H25N5O3. The highest BCUT2D eigenvalue weighted by Crippen LogP contribution is 2.38. The predicted molar refractivity (Wildman–Crippen MR) is 97.4 cm³/mol. The number of aromatic nitrogens is 4. The van der Waals surface area contributed by atoms with Crippen molar-refractivity contribution in [3.8, 4) is 6.01 Å². The number of amides is 1. The summed E-state index contributed by atoms with van der Waals surface area (Å²) in [6, 6.07) is 4.04. The largest absolute Gasteiger partial charge is 0.463 e. The molecule has 2 aliphatic rings. The topological polar surface area (TPSA) is 82.4 Å². The summed E-state index contributed by atoms with van der Waals surface area (Å²) in [6.45, 7) is 4.53. The van der Waals surface area contributed by atoms with Gasteiger partial charge in [0.15, 0.2) is 0 Å². The third-order valence-corrected chi connectivity index (χ3v) is 5.30. The Morgan fingerprint density at radius 2 is 2.26 bits per heavy atom. The fourth-order valence-electron chi connectivity index (χ4n) is 3.89. The second-order valence-electron chi connectivity index (χ2n) is 7.54. The zero-order chi connectivity index (χ0) is 18.9. The Labute approximate surface area is 158 Å². The van der Waals surface area contributed by atoms with E-state index in [2.05, 4.69) is 15.1 Å².